The highest BCUT2D eigenvalue weighted by molar-refractivity contribution is 5.69. The van der Waals surface area contributed by atoms with E-state index in [4.69, 9.17) is 4.74 Å². The van der Waals surface area contributed by atoms with E-state index in [1.54, 1.807) is 13.0 Å². The molecule has 1 fully saturated rings. The summed E-state index contributed by atoms with van der Waals surface area (Å²) in [6.45, 7) is 5.67. The summed E-state index contributed by atoms with van der Waals surface area (Å²) in [4.78, 5) is 11.7. The molecule has 1 saturated heterocycles. The standard InChI is InChI=1S/C18H25FN2O2/c1-3-23-16(22)5-7-17(2)6-4-14(19)12-15(17)18(13-20)8-10-21-11-9-18/h4,6,12,15,21H,3,5,7-11H2,1-2H3. The number of nitrogens with zero attached hydrogens (tertiary/aromatic N) is 1. The number of rotatable bonds is 5. The van der Waals surface area contributed by atoms with Gasteiger partial charge >= 0.3 is 5.97 Å². The predicted molar refractivity (Wildman–Crippen MR) is 85.9 cm³/mol. The van der Waals surface area contributed by atoms with Crippen LogP contribution >= 0.6 is 0 Å². The van der Waals surface area contributed by atoms with E-state index < -0.39 is 10.8 Å². The predicted octanol–water partition coefficient (Wildman–Crippen LogP) is 3.27. The lowest BCUT2D eigenvalue weighted by atomic mass is 9.57. The topological polar surface area (TPSA) is 62.1 Å². The normalized spacial score (nSPS) is 29.5. The van der Waals surface area contributed by atoms with Crippen LogP contribution in [0.5, 0.6) is 0 Å². The molecule has 23 heavy (non-hydrogen) atoms. The number of nitrogens with one attached hydrogen (secondary N) is 1. The molecule has 0 bridgehead atoms. The van der Waals surface area contributed by atoms with Crippen molar-refractivity contribution in [1.82, 2.24) is 5.32 Å². The minimum absolute atomic E-state index is 0.235. The monoisotopic (exact) mass is 320 g/mol. The summed E-state index contributed by atoms with van der Waals surface area (Å²) >= 11 is 0. The van der Waals surface area contributed by atoms with Gasteiger partial charge in [-0.25, -0.2) is 4.39 Å². The average molecular weight is 320 g/mol. The highest BCUT2D eigenvalue weighted by atomic mass is 19.1. The van der Waals surface area contributed by atoms with Gasteiger partial charge in [0.25, 0.3) is 0 Å². The molecule has 0 saturated carbocycles. The van der Waals surface area contributed by atoms with Crippen molar-refractivity contribution >= 4 is 5.97 Å². The molecule has 0 radical (unpaired) electrons. The fraction of sp³-hybridized carbons (Fsp3) is 0.667. The summed E-state index contributed by atoms with van der Waals surface area (Å²) in [6, 6.07) is 2.47. The van der Waals surface area contributed by atoms with Crippen molar-refractivity contribution in [2.75, 3.05) is 19.7 Å². The van der Waals surface area contributed by atoms with Gasteiger partial charge in [0.05, 0.1) is 18.1 Å². The van der Waals surface area contributed by atoms with Crippen LogP contribution in [-0.2, 0) is 9.53 Å². The Bertz CT molecular complexity index is 544. The van der Waals surface area contributed by atoms with E-state index in [0.717, 1.165) is 13.1 Å². The molecule has 126 valence electrons. The van der Waals surface area contributed by atoms with Crippen molar-refractivity contribution in [3.8, 4) is 6.07 Å². The summed E-state index contributed by atoms with van der Waals surface area (Å²) in [6.07, 6.45) is 7.08. The summed E-state index contributed by atoms with van der Waals surface area (Å²) in [5, 5.41) is 13.1. The third-order valence-corrected chi connectivity index (χ3v) is 5.15. The number of carbonyl (C=O) groups is 1. The maximum absolute atomic E-state index is 13.9. The lowest BCUT2D eigenvalue weighted by Crippen LogP contribution is -2.46. The van der Waals surface area contributed by atoms with Gasteiger partial charge in [-0.2, -0.15) is 5.26 Å². The number of ether oxygens (including phenoxy) is 1. The molecule has 1 aliphatic heterocycles. The largest absolute Gasteiger partial charge is 0.466 e. The Morgan fingerprint density at radius 1 is 1.52 bits per heavy atom. The minimum Gasteiger partial charge on any atom is -0.466 e. The Hall–Kier alpha value is -1.67. The van der Waals surface area contributed by atoms with Crippen LogP contribution in [0.3, 0.4) is 0 Å². The fourth-order valence-electron chi connectivity index (χ4n) is 3.78. The Morgan fingerprint density at radius 2 is 2.22 bits per heavy atom. The van der Waals surface area contributed by atoms with Crippen molar-refractivity contribution < 1.29 is 13.9 Å². The molecule has 4 nitrogen and oxygen atoms in total. The summed E-state index contributed by atoms with van der Waals surface area (Å²) < 4.78 is 18.9. The maximum Gasteiger partial charge on any atom is 0.305 e. The molecular formula is C18H25FN2O2. The SMILES string of the molecule is CCOC(=O)CCC1(C)C=CC(F)=CC1C1(C#N)CCNCC1. The first-order chi connectivity index (χ1) is 11.0. The third kappa shape index (κ3) is 3.81. The van der Waals surface area contributed by atoms with Gasteiger partial charge in [-0.1, -0.05) is 13.0 Å². The maximum atomic E-state index is 13.9. The molecule has 2 rings (SSSR count). The first-order valence-electron chi connectivity index (χ1n) is 8.30. The first kappa shape index (κ1) is 17.7. The second kappa shape index (κ2) is 7.27. The fourth-order valence-corrected chi connectivity index (χ4v) is 3.78. The van der Waals surface area contributed by atoms with E-state index in [1.807, 2.05) is 13.0 Å². The van der Waals surface area contributed by atoms with Gasteiger partial charge in [0.1, 0.15) is 5.83 Å². The second-order valence-corrected chi connectivity index (χ2v) is 6.69. The van der Waals surface area contributed by atoms with Crippen molar-refractivity contribution in [3.05, 3.63) is 24.1 Å². The zero-order chi connectivity index (χ0) is 16.9. The van der Waals surface area contributed by atoms with Crippen LogP contribution in [-0.4, -0.2) is 25.7 Å². The number of piperidine rings is 1. The first-order valence-corrected chi connectivity index (χ1v) is 8.30. The Balaban J connectivity index is 2.24. The molecule has 1 N–H and O–H groups in total. The Morgan fingerprint density at radius 3 is 2.83 bits per heavy atom. The number of hydrogen-bond acceptors (Lipinski definition) is 4. The van der Waals surface area contributed by atoms with Crippen molar-refractivity contribution in [2.45, 2.75) is 39.5 Å². The highest BCUT2D eigenvalue weighted by Gasteiger charge is 2.48. The molecule has 2 unspecified atom stereocenters. The van der Waals surface area contributed by atoms with Gasteiger partial charge in [-0.3, -0.25) is 4.79 Å². The van der Waals surface area contributed by atoms with E-state index in [9.17, 15) is 14.4 Å². The van der Waals surface area contributed by atoms with E-state index in [0.29, 0.717) is 25.9 Å². The summed E-state index contributed by atoms with van der Waals surface area (Å²) in [5.41, 5.74) is -1.01. The molecule has 5 heteroatoms. The molecular weight excluding hydrogens is 295 g/mol. The number of hydrogen-bond donors (Lipinski definition) is 1. The van der Waals surface area contributed by atoms with E-state index >= 15 is 0 Å². The molecule has 0 aromatic carbocycles. The van der Waals surface area contributed by atoms with E-state index in [1.165, 1.54) is 6.08 Å². The number of allylic oxidation sites excluding steroid dienone is 4. The van der Waals surface area contributed by atoms with Gasteiger partial charge in [0.2, 0.25) is 0 Å². The summed E-state index contributed by atoms with van der Waals surface area (Å²) in [7, 11) is 0. The molecule has 0 amide bonds. The van der Waals surface area contributed by atoms with Crippen LogP contribution in [0.25, 0.3) is 0 Å². The molecule has 0 aromatic rings. The van der Waals surface area contributed by atoms with Gasteiger partial charge in [0.15, 0.2) is 0 Å². The number of carbonyl (C=O) groups excluding carboxylic acids is 1. The minimum atomic E-state index is -0.587. The van der Waals surface area contributed by atoms with Crippen LogP contribution < -0.4 is 5.32 Å². The number of nitriles is 1. The number of halogens is 1. The molecule has 0 aromatic heterocycles. The van der Waals surface area contributed by atoms with Gasteiger partial charge in [-0.05, 0) is 56.8 Å². The smallest absolute Gasteiger partial charge is 0.305 e. The number of esters is 1. The molecule has 0 spiro atoms. The Labute approximate surface area is 137 Å². The molecule has 2 atom stereocenters. The zero-order valence-electron chi connectivity index (χ0n) is 13.9. The molecule has 1 heterocycles. The van der Waals surface area contributed by atoms with Crippen LogP contribution in [0.1, 0.15) is 39.5 Å². The van der Waals surface area contributed by atoms with Gasteiger partial charge in [-0.15, -0.1) is 0 Å². The second-order valence-electron chi connectivity index (χ2n) is 6.69. The quantitative estimate of drug-likeness (QED) is 0.790. The Kier molecular flexibility index (Phi) is 5.59. The van der Waals surface area contributed by atoms with Gasteiger partial charge < -0.3 is 10.1 Å². The van der Waals surface area contributed by atoms with Crippen molar-refractivity contribution in [2.24, 2.45) is 16.7 Å². The lowest BCUT2D eigenvalue weighted by molar-refractivity contribution is -0.143. The van der Waals surface area contributed by atoms with Crippen LogP contribution in [0.2, 0.25) is 0 Å². The van der Waals surface area contributed by atoms with Crippen LogP contribution in [0.15, 0.2) is 24.1 Å². The highest BCUT2D eigenvalue weighted by Crippen LogP contribution is 2.52. The molecule has 2 aliphatic rings. The van der Waals surface area contributed by atoms with Crippen LogP contribution in [0, 0.1) is 28.1 Å². The summed E-state index contributed by atoms with van der Waals surface area (Å²) in [5.74, 6) is -0.773. The van der Waals surface area contributed by atoms with Crippen molar-refractivity contribution in [3.63, 3.8) is 0 Å². The van der Waals surface area contributed by atoms with Crippen LogP contribution in [0.4, 0.5) is 4.39 Å². The zero-order valence-corrected chi connectivity index (χ0v) is 13.9. The average Bonchev–Trinajstić information content (AvgIpc) is 2.56. The third-order valence-electron chi connectivity index (χ3n) is 5.15. The molecule has 1 aliphatic carbocycles. The van der Waals surface area contributed by atoms with Gasteiger partial charge in [0, 0.05) is 12.3 Å². The van der Waals surface area contributed by atoms with Crippen molar-refractivity contribution in [1.29, 1.82) is 5.26 Å². The van der Waals surface area contributed by atoms with E-state index in [-0.39, 0.29) is 24.1 Å². The van der Waals surface area contributed by atoms with E-state index in [2.05, 4.69) is 11.4 Å². The lowest BCUT2D eigenvalue weighted by Gasteiger charge is -2.46.